The summed E-state index contributed by atoms with van der Waals surface area (Å²) >= 11 is 0. The third-order valence-corrected chi connectivity index (χ3v) is 8.88. The van der Waals surface area contributed by atoms with Gasteiger partial charge in [-0.1, -0.05) is 39.8 Å². The first-order valence-electron chi connectivity index (χ1n) is 15.8. The summed E-state index contributed by atoms with van der Waals surface area (Å²) in [6, 6.07) is 6.80. The van der Waals surface area contributed by atoms with Gasteiger partial charge in [0.05, 0.1) is 18.3 Å². The van der Waals surface area contributed by atoms with E-state index in [1.54, 1.807) is 19.2 Å². The Morgan fingerprint density at radius 2 is 1.67 bits per heavy atom. The van der Waals surface area contributed by atoms with Crippen molar-refractivity contribution in [3.8, 4) is 5.75 Å². The van der Waals surface area contributed by atoms with E-state index < -0.39 is 17.6 Å². The van der Waals surface area contributed by atoms with E-state index in [4.69, 9.17) is 15.2 Å². The number of rotatable bonds is 18. The number of unbranched alkanes of at least 4 members (excludes halogenated alkanes) is 1. The van der Waals surface area contributed by atoms with E-state index in [1.165, 1.54) is 6.92 Å². The average Bonchev–Trinajstić information content (AvgIpc) is 2.97. The molecule has 1 fully saturated rings. The van der Waals surface area contributed by atoms with Gasteiger partial charge in [-0.15, -0.1) is 0 Å². The molecule has 10 nitrogen and oxygen atoms in total. The molecule has 43 heavy (non-hydrogen) atoms. The van der Waals surface area contributed by atoms with Gasteiger partial charge >= 0.3 is 0 Å². The molecule has 10 heteroatoms. The summed E-state index contributed by atoms with van der Waals surface area (Å²) in [6.07, 6.45) is 4.72. The molecule has 1 aromatic carbocycles. The minimum absolute atomic E-state index is 0.0205. The SMILES string of the molecule is COCCCCOc1ccccc1C(=O)NC[C@@H](C[C@H](N)[C@@H](O)CNC(=O)C(C)(C)C1CCC(NC(C)=O)CC1)C(C)C. The van der Waals surface area contributed by atoms with E-state index >= 15 is 0 Å². The number of methoxy groups -OCH3 is 1. The number of aliphatic hydroxyl groups excluding tert-OH is 1. The fraction of sp³-hybridized carbons (Fsp3) is 0.727. The molecule has 0 radical (unpaired) electrons. The van der Waals surface area contributed by atoms with Crippen LogP contribution in [-0.2, 0) is 14.3 Å². The largest absolute Gasteiger partial charge is 0.493 e. The molecule has 0 heterocycles. The quantitative estimate of drug-likeness (QED) is 0.161. The summed E-state index contributed by atoms with van der Waals surface area (Å²) in [5.74, 6) is 0.650. The highest BCUT2D eigenvalue weighted by molar-refractivity contribution is 5.96. The number of carbonyl (C=O) groups excluding carboxylic acids is 3. The number of para-hydroxylation sites is 1. The number of carbonyl (C=O) groups is 3. The molecule has 3 amide bonds. The summed E-state index contributed by atoms with van der Waals surface area (Å²) in [6.45, 7) is 11.2. The highest BCUT2D eigenvalue weighted by Crippen LogP contribution is 2.38. The zero-order valence-electron chi connectivity index (χ0n) is 27.1. The van der Waals surface area contributed by atoms with Crippen LogP contribution in [0.2, 0.25) is 0 Å². The number of amides is 3. The monoisotopic (exact) mass is 604 g/mol. The molecule has 244 valence electrons. The number of nitrogens with two attached hydrogens (primary N) is 1. The summed E-state index contributed by atoms with van der Waals surface area (Å²) in [5, 5.41) is 19.8. The number of hydrogen-bond acceptors (Lipinski definition) is 7. The van der Waals surface area contributed by atoms with Gasteiger partial charge in [-0.25, -0.2) is 0 Å². The molecule has 3 atom stereocenters. The minimum atomic E-state index is -0.917. The maximum Gasteiger partial charge on any atom is 0.255 e. The van der Waals surface area contributed by atoms with Gasteiger partial charge in [0.25, 0.3) is 5.91 Å². The van der Waals surface area contributed by atoms with Crippen molar-refractivity contribution >= 4 is 17.7 Å². The van der Waals surface area contributed by atoms with Gasteiger partial charge in [0.2, 0.25) is 11.8 Å². The molecule has 0 unspecified atom stereocenters. The second-order valence-corrected chi connectivity index (χ2v) is 12.9. The second kappa shape index (κ2) is 18.2. The molecule has 1 saturated carbocycles. The average molecular weight is 605 g/mol. The molecule has 0 bridgehead atoms. The van der Waals surface area contributed by atoms with Crippen LogP contribution in [-0.4, -0.2) is 74.4 Å². The fourth-order valence-corrected chi connectivity index (χ4v) is 5.74. The van der Waals surface area contributed by atoms with Crippen LogP contribution in [0.4, 0.5) is 0 Å². The summed E-state index contributed by atoms with van der Waals surface area (Å²) in [7, 11) is 1.67. The lowest BCUT2D eigenvalue weighted by atomic mass is 9.69. The number of aliphatic hydroxyl groups is 1. The van der Waals surface area contributed by atoms with Crippen LogP contribution in [0.25, 0.3) is 0 Å². The van der Waals surface area contributed by atoms with E-state index in [2.05, 4.69) is 29.8 Å². The van der Waals surface area contributed by atoms with Crippen LogP contribution in [0.15, 0.2) is 24.3 Å². The summed E-state index contributed by atoms with van der Waals surface area (Å²) in [5.41, 5.74) is 6.29. The lowest BCUT2D eigenvalue weighted by Crippen LogP contribution is -2.50. The molecular formula is C33H56N4O6. The summed E-state index contributed by atoms with van der Waals surface area (Å²) < 4.78 is 10.9. The molecule has 1 aliphatic carbocycles. The molecule has 0 aromatic heterocycles. The molecule has 6 N–H and O–H groups in total. The van der Waals surface area contributed by atoms with Crippen molar-refractivity contribution in [1.82, 2.24) is 16.0 Å². The van der Waals surface area contributed by atoms with Crippen LogP contribution >= 0.6 is 0 Å². The normalized spacial score (nSPS) is 19.3. The van der Waals surface area contributed by atoms with E-state index in [-0.39, 0.29) is 48.1 Å². The molecule has 1 aromatic rings. The Morgan fingerprint density at radius 3 is 2.30 bits per heavy atom. The van der Waals surface area contributed by atoms with E-state index in [1.807, 2.05) is 26.0 Å². The van der Waals surface area contributed by atoms with Crippen molar-refractivity contribution in [3.05, 3.63) is 29.8 Å². The predicted molar refractivity (Wildman–Crippen MR) is 169 cm³/mol. The van der Waals surface area contributed by atoms with Gasteiger partial charge in [-0.3, -0.25) is 14.4 Å². The third kappa shape index (κ3) is 12.1. The number of ether oxygens (including phenoxy) is 2. The fourth-order valence-electron chi connectivity index (χ4n) is 5.74. The van der Waals surface area contributed by atoms with Crippen molar-refractivity contribution in [2.75, 3.05) is 33.4 Å². The molecule has 1 aliphatic rings. The summed E-state index contributed by atoms with van der Waals surface area (Å²) in [4.78, 5) is 37.6. The predicted octanol–water partition coefficient (Wildman–Crippen LogP) is 3.41. The van der Waals surface area contributed by atoms with Crippen LogP contribution in [0.1, 0.15) is 89.9 Å². The van der Waals surface area contributed by atoms with Crippen molar-refractivity contribution < 1.29 is 29.0 Å². The van der Waals surface area contributed by atoms with E-state index in [9.17, 15) is 19.5 Å². The Balaban J connectivity index is 1.84. The van der Waals surface area contributed by atoms with Gasteiger partial charge in [0, 0.05) is 51.2 Å². The second-order valence-electron chi connectivity index (χ2n) is 12.9. The maximum atomic E-state index is 13.1. The number of hydrogen-bond donors (Lipinski definition) is 5. The zero-order chi connectivity index (χ0) is 32.0. The number of nitrogens with one attached hydrogen (secondary N) is 3. The van der Waals surface area contributed by atoms with Gasteiger partial charge in [-0.2, -0.15) is 0 Å². The minimum Gasteiger partial charge on any atom is -0.493 e. The van der Waals surface area contributed by atoms with Crippen LogP contribution in [0.5, 0.6) is 5.75 Å². The van der Waals surface area contributed by atoms with E-state index in [0.717, 1.165) is 38.5 Å². The third-order valence-electron chi connectivity index (χ3n) is 8.88. The van der Waals surface area contributed by atoms with Gasteiger partial charge < -0.3 is 36.3 Å². The van der Waals surface area contributed by atoms with Gasteiger partial charge in [-0.05, 0) is 74.8 Å². The Labute approximate surface area is 258 Å². The van der Waals surface area contributed by atoms with Crippen molar-refractivity contribution in [1.29, 1.82) is 0 Å². The maximum absolute atomic E-state index is 13.1. The lowest BCUT2D eigenvalue weighted by Gasteiger charge is -2.38. The highest BCUT2D eigenvalue weighted by atomic mass is 16.5. The first-order chi connectivity index (χ1) is 20.4. The standard InChI is InChI=1S/C33H56N4O6/c1-22(2)24(20-35-31(40)27-11-7-8-12-30(27)43-18-10-9-17-42-6)19-28(34)29(39)21-36-32(41)33(4,5)25-13-15-26(16-14-25)37-23(3)38/h7-8,11-12,22,24-26,28-29,39H,9-10,13-21,34H2,1-6H3,(H,35,40)(H,36,41)(H,37,38)/t24-,25?,26?,28+,29+/m1/s1. The Morgan fingerprint density at radius 1 is 1.02 bits per heavy atom. The first-order valence-corrected chi connectivity index (χ1v) is 15.8. The molecule has 0 saturated heterocycles. The molecule has 0 aliphatic heterocycles. The van der Waals surface area contributed by atoms with Crippen molar-refractivity contribution in [2.24, 2.45) is 28.9 Å². The smallest absolute Gasteiger partial charge is 0.255 e. The van der Waals surface area contributed by atoms with Gasteiger partial charge in [0.1, 0.15) is 5.75 Å². The van der Waals surface area contributed by atoms with E-state index in [0.29, 0.717) is 37.5 Å². The Bertz CT molecular complexity index is 1010. The van der Waals surface area contributed by atoms with Crippen LogP contribution in [0.3, 0.4) is 0 Å². The first kappa shape index (κ1) is 36.5. The highest BCUT2D eigenvalue weighted by Gasteiger charge is 2.39. The van der Waals surface area contributed by atoms with Crippen molar-refractivity contribution in [2.45, 2.75) is 97.8 Å². The van der Waals surface area contributed by atoms with Crippen LogP contribution < -0.4 is 26.4 Å². The molecular weight excluding hydrogens is 548 g/mol. The van der Waals surface area contributed by atoms with Crippen molar-refractivity contribution in [3.63, 3.8) is 0 Å². The lowest BCUT2D eigenvalue weighted by molar-refractivity contribution is -0.133. The molecule has 0 spiro atoms. The Hall–Kier alpha value is -2.69. The Kier molecular flexibility index (Phi) is 15.4. The zero-order valence-corrected chi connectivity index (χ0v) is 27.1. The van der Waals surface area contributed by atoms with Gasteiger partial charge in [0.15, 0.2) is 0 Å². The van der Waals surface area contributed by atoms with Crippen LogP contribution in [0, 0.1) is 23.2 Å². The topological polar surface area (TPSA) is 152 Å². The molecule has 2 rings (SSSR count). The number of benzene rings is 1.